The van der Waals surface area contributed by atoms with Crippen LogP contribution in [0.15, 0.2) is 42.7 Å². The maximum atomic E-state index is 13.1. The van der Waals surface area contributed by atoms with Crippen LogP contribution in [-0.4, -0.2) is 49.6 Å². The van der Waals surface area contributed by atoms with Gasteiger partial charge in [0.2, 0.25) is 5.91 Å². The summed E-state index contributed by atoms with van der Waals surface area (Å²) in [6, 6.07) is 9.15. The highest BCUT2D eigenvalue weighted by molar-refractivity contribution is 6.35. The number of nitrogens with one attached hydrogen (secondary N) is 2. The van der Waals surface area contributed by atoms with Gasteiger partial charge in [-0.1, -0.05) is 17.7 Å². The number of rotatable bonds is 5. The monoisotopic (exact) mass is 490 g/mol. The Bertz CT molecular complexity index is 1450. The van der Waals surface area contributed by atoms with Crippen molar-refractivity contribution in [2.45, 2.75) is 12.8 Å². The Kier molecular flexibility index (Phi) is 6.04. The maximum absolute atomic E-state index is 13.1. The molecule has 1 atom stereocenters. The molecule has 3 aromatic heterocycles. The van der Waals surface area contributed by atoms with Crippen molar-refractivity contribution >= 4 is 40.1 Å². The van der Waals surface area contributed by atoms with Crippen LogP contribution in [0.1, 0.15) is 23.3 Å². The minimum absolute atomic E-state index is 0.00217. The largest absolute Gasteiger partial charge is 0.382 e. The average molecular weight is 491 g/mol. The molecule has 35 heavy (non-hydrogen) atoms. The zero-order valence-corrected chi connectivity index (χ0v) is 19.7. The van der Waals surface area contributed by atoms with Gasteiger partial charge < -0.3 is 16.4 Å². The summed E-state index contributed by atoms with van der Waals surface area (Å²) in [6.07, 6.45) is 4.62. The fraction of sp³-hybridized carbons (Fsp3) is 0.250. The molecule has 0 radical (unpaired) electrons. The van der Waals surface area contributed by atoms with E-state index in [1.165, 1.54) is 0 Å². The van der Waals surface area contributed by atoms with Crippen molar-refractivity contribution in [2.24, 2.45) is 13.0 Å². The van der Waals surface area contributed by atoms with Crippen LogP contribution in [0.2, 0.25) is 5.02 Å². The van der Waals surface area contributed by atoms with Gasteiger partial charge in [0.05, 0.1) is 16.2 Å². The molecule has 11 heteroatoms. The highest BCUT2D eigenvalue weighted by Crippen LogP contribution is 2.34. The third-order valence-corrected chi connectivity index (χ3v) is 6.21. The van der Waals surface area contributed by atoms with Gasteiger partial charge in [0.1, 0.15) is 11.4 Å². The summed E-state index contributed by atoms with van der Waals surface area (Å²) in [7, 11) is 1.80. The van der Waals surface area contributed by atoms with Crippen LogP contribution in [0.4, 0.5) is 5.82 Å². The molecule has 4 N–H and O–H groups in total. The van der Waals surface area contributed by atoms with Gasteiger partial charge in [-0.2, -0.15) is 5.10 Å². The number of nitrogens with two attached hydrogens (primary N) is 1. The van der Waals surface area contributed by atoms with Gasteiger partial charge in [-0.3, -0.25) is 19.3 Å². The van der Waals surface area contributed by atoms with Gasteiger partial charge in [0.25, 0.3) is 5.91 Å². The summed E-state index contributed by atoms with van der Waals surface area (Å²) in [5, 5.41) is 11.4. The molecule has 4 aromatic rings. The quantitative estimate of drug-likeness (QED) is 0.390. The summed E-state index contributed by atoms with van der Waals surface area (Å²) in [5.41, 5.74) is 8.93. The first-order valence-electron chi connectivity index (χ1n) is 11.2. The van der Waals surface area contributed by atoms with Crippen LogP contribution in [0.25, 0.3) is 33.5 Å². The van der Waals surface area contributed by atoms with Crippen LogP contribution in [0, 0.1) is 5.92 Å². The number of nitrogen functional groups attached to an aromatic ring is 1. The third-order valence-electron chi connectivity index (χ3n) is 5.93. The molecule has 0 spiro atoms. The van der Waals surface area contributed by atoms with E-state index in [4.69, 9.17) is 17.3 Å². The van der Waals surface area contributed by atoms with E-state index in [2.05, 4.69) is 30.7 Å². The third kappa shape index (κ3) is 4.65. The highest BCUT2D eigenvalue weighted by Gasteiger charge is 2.24. The van der Waals surface area contributed by atoms with Crippen LogP contribution in [0.5, 0.6) is 0 Å². The highest BCUT2D eigenvalue weighted by atomic mass is 35.5. The minimum atomic E-state index is -0.455. The summed E-state index contributed by atoms with van der Waals surface area (Å²) in [6.45, 7) is 0.944. The van der Waals surface area contributed by atoms with E-state index < -0.39 is 5.91 Å². The maximum Gasteiger partial charge on any atom is 0.273 e. The smallest absolute Gasteiger partial charge is 0.273 e. The molecule has 1 unspecified atom stereocenters. The number of amides is 2. The summed E-state index contributed by atoms with van der Waals surface area (Å²) in [4.78, 5) is 38.2. The van der Waals surface area contributed by atoms with E-state index in [0.717, 1.165) is 11.8 Å². The Balaban J connectivity index is 1.56. The predicted octanol–water partition coefficient (Wildman–Crippen LogP) is 2.58. The molecule has 0 bridgehead atoms. The molecule has 5 rings (SSSR count). The van der Waals surface area contributed by atoms with Crippen molar-refractivity contribution in [2.75, 3.05) is 18.8 Å². The number of carbonyl (C=O) groups excluding carboxylic acids is 2. The lowest BCUT2D eigenvalue weighted by atomic mass is 9.97. The standard InChI is InChI=1S/C24H23ClN8O2/c1-33-8-5-17(32-33)21-20(15-10-14-3-2-6-28-19(14)16(25)11-15)30-22(23(26)31-21)24(35)29-12-13-4-7-27-18(34)9-13/h2-3,5-6,8,10-11,13H,4,7,9,12H2,1H3,(H2,26,31)(H,27,34)(H,29,35). The van der Waals surface area contributed by atoms with Crippen LogP contribution in [0.3, 0.4) is 0 Å². The number of hydrogen-bond acceptors (Lipinski definition) is 7. The van der Waals surface area contributed by atoms with Crippen LogP contribution >= 0.6 is 11.6 Å². The summed E-state index contributed by atoms with van der Waals surface area (Å²) >= 11 is 6.53. The average Bonchev–Trinajstić information content (AvgIpc) is 3.28. The molecule has 10 nitrogen and oxygen atoms in total. The van der Waals surface area contributed by atoms with Crippen LogP contribution < -0.4 is 16.4 Å². The van der Waals surface area contributed by atoms with E-state index in [-0.39, 0.29) is 23.3 Å². The van der Waals surface area contributed by atoms with Crippen molar-refractivity contribution in [3.05, 3.63) is 53.4 Å². The van der Waals surface area contributed by atoms with E-state index in [1.807, 2.05) is 18.2 Å². The zero-order valence-electron chi connectivity index (χ0n) is 19.0. The second-order valence-corrected chi connectivity index (χ2v) is 8.89. The Hall–Kier alpha value is -4.05. The first-order valence-corrected chi connectivity index (χ1v) is 11.5. The van der Waals surface area contributed by atoms with Crippen molar-refractivity contribution < 1.29 is 9.59 Å². The number of piperidine rings is 1. The lowest BCUT2D eigenvalue weighted by Crippen LogP contribution is -2.39. The molecular formula is C24H23ClN8O2. The number of carbonyl (C=O) groups is 2. The molecule has 1 saturated heterocycles. The number of hydrogen-bond donors (Lipinski definition) is 3. The zero-order chi connectivity index (χ0) is 24.5. The summed E-state index contributed by atoms with van der Waals surface area (Å²) in [5.74, 6) is -0.425. The van der Waals surface area contributed by atoms with Crippen molar-refractivity contribution in [1.82, 2.24) is 35.4 Å². The number of aromatic nitrogens is 5. The minimum Gasteiger partial charge on any atom is -0.382 e. The van der Waals surface area contributed by atoms with Gasteiger partial charge >= 0.3 is 0 Å². The van der Waals surface area contributed by atoms with E-state index in [0.29, 0.717) is 52.7 Å². The van der Waals surface area contributed by atoms with Gasteiger partial charge in [0.15, 0.2) is 11.5 Å². The normalized spacial score (nSPS) is 15.7. The molecule has 1 aliphatic heterocycles. The number of nitrogens with zero attached hydrogens (tertiary/aromatic N) is 5. The Labute approximate surface area is 205 Å². The second kappa shape index (κ2) is 9.30. The van der Waals surface area contributed by atoms with Crippen molar-refractivity contribution in [3.8, 4) is 22.6 Å². The second-order valence-electron chi connectivity index (χ2n) is 8.48. The molecule has 1 aliphatic rings. The molecular weight excluding hydrogens is 468 g/mol. The molecule has 4 heterocycles. The Morgan fingerprint density at radius 3 is 2.91 bits per heavy atom. The molecule has 1 fully saturated rings. The fourth-order valence-corrected chi connectivity index (χ4v) is 4.44. The number of fused-ring (bicyclic) bond motifs is 1. The molecule has 1 aromatic carbocycles. The number of anilines is 1. The van der Waals surface area contributed by atoms with E-state index in [9.17, 15) is 9.59 Å². The molecule has 0 aliphatic carbocycles. The fourth-order valence-electron chi connectivity index (χ4n) is 4.17. The predicted molar refractivity (Wildman–Crippen MR) is 132 cm³/mol. The van der Waals surface area contributed by atoms with Gasteiger partial charge in [-0.05, 0) is 36.6 Å². The number of benzene rings is 1. The Morgan fingerprint density at radius 2 is 2.14 bits per heavy atom. The molecule has 178 valence electrons. The number of halogens is 1. The van der Waals surface area contributed by atoms with E-state index in [1.54, 1.807) is 36.3 Å². The first-order chi connectivity index (χ1) is 16.9. The van der Waals surface area contributed by atoms with Gasteiger partial charge in [0, 0.05) is 49.9 Å². The lowest BCUT2D eigenvalue weighted by Gasteiger charge is -2.22. The van der Waals surface area contributed by atoms with Crippen molar-refractivity contribution in [1.29, 1.82) is 0 Å². The summed E-state index contributed by atoms with van der Waals surface area (Å²) < 4.78 is 1.65. The van der Waals surface area contributed by atoms with Gasteiger partial charge in [-0.15, -0.1) is 0 Å². The number of aryl methyl sites for hydroxylation is 1. The van der Waals surface area contributed by atoms with Crippen LogP contribution in [-0.2, 0) is 11.8 Å². The lowest BCUT2D eigenvalue weighted by molar-refractivity contribution is -0.123. The Morgan fingerprint density at radius 1 is 1.29 bits per heavy atom. The van der Waals surface area contributed by atoms with E-state index >= 15 is 0 Å². The molecule has 2 amide bonds. The number of pyridine rings is 1. The van der Waals surface area contributed by atoms with Crippen molar-refractivity contribution in [3.63, 3.8) is 0 Å². The SMILES string of the molecule is Cn1ccc(-c2nc(N)c(C(=O)NCC3CCNC(=O)C3)nc2-c2cc(Cl)c3ncccc3c2)n1. The molecule has 0 saturated carbocycles. The first kappa shape index (κ1) is 22.7. The van der Waals surface area contributed by atoms with Gasteiger partial charge in [-0.25, -0.2) is 9.97 Å². The topological polar surface area (TPSA) is 141 Å².